The topological polar surface area (TPSA) is 55.5 Å². The summed E-state index contributed by atoms with van der Waals surface area (Å²) in [5, 5.41) is 8.77. The number of ether oxygens (including phenoxy) is 1. The predicted octanol–water partition coefficient (Wildman–Crippen LogP) is 1.11. The monoisotopic (exact) mass is 213 g/mol. The first-order valence-electron chi connectivity index (χ1n) is 4.40. The van der Waals surface area contributed by atoms with Gasteiger partial charge in [0.05, 0.1) is 13.7 Å². The van der Waals surface area contributed by atoms with Crippen molar-refractivity contribution in [3.63, 3.8) is 0 Å². The summed E-state index contributed by atoms with van der Waals surface area (Å²) in [5.74, 6) is 1.54. The van der Waals surface area contributed by atoms with Gasteiger partial charge in [-0.3, -0.25) is 0 Å². The summed E-state index contributed by atoms with van der Waals surface area (Å²) in [6.07, 6.45) is 0. The quantitative estimate of drug-likeness (QED) is 0.719. The van der Waals surface area contributed by atoms with E-state index in [4.69, 9.17) is 15.6 Å². The molecule has 0 aliphatic heterocycles. The Labute approximate surface area is 88.3 Å². The van der Waals surface area contributed by atoms with Crippen LogP contribution in [0.1, 0.15) is 0 Å². The molecule has 1 aromatic carbocycles. The number of hydrogen-bond donors (Lipinski definition) is 2. The van der Waals surface area contributed by atoms with Crippen molar-refractivity contribution in [3.05, 3.63) is 24.3 Å². The molecule has 4 heteroatoms. The molecular formula is C10H15NO2S. The summed E-state index contributed by atoms with van der Waals surface area (Å²) in [6.45, 7) is 0.0160. The zero-order valence-corrected chi connectivity index (χ0v) is 8.96. The minimum absolute atomic E-state index is 0.0160. The molecular weight excluding hydrogens is 198 g/mol. The van der Waals surface area contributed by atoms with E-state index in [9.17, 15) is 0 Å². The molecule has 3 nitrogen and oxygen atoms in total. The van der Waals surface area contributed by atoms with E-state index >= 15 is 0 Å². The first-order valence-corrected chi connectivity index (χ1v) is 5.38. The van der Waals surface area contributed by atoms with Crippen LogP contribution in [0, 0.1) is 0 Å². The Morgan fingerprint density at radius 3 is 2.86 bits per heavy atom. The molecule has 0 saturated heterocycles. The lowest BCUT2D eigenvalue weighted by molar-refractivity contribution is 0.275. The number of aliphatic hydroxyl groups is 1. The van der Waals surface area contributed by atoms with Gasteiger partial charge in [-0.25, -0.2) is 0 Å². The van der Waals surface area contributed by atoms with E-state index in [1.165, 1.54) is 0 Å². The van der Waals surface area contributed by atoms with E-state index in [0.29, 0.717) is 5.75 Å². The molecule has 0 spiro atoms. The fourth-order valence-electron chi connectivity index (χ4n) is 0.988. The van der Waals surface area contributed by atoms with Crippen LogP contribution in [0.15, 0.2) is 29.2 Å². The average Bonchev–Trinajstić information content (AvgIpc) is 2.26. The van der Waals surface area contributed by atoms with Gasteiger partial charge in [-0.15, -0.1) is 11.8 Å². The van der Waals surface area contributed by atoms with E-state index in [1.54, 1.807) is 18.9 Å². The number of nitrogens with two attached hydrogens (primary N) is 1. The van der Waals surface area contributed by atoms with Gasteiger partial charge in [0.1, 0.15) is 5.75 Å². The van der Waals surface area contributed by atoms with Crippen molar-refractivity contribution in [2.45, 2.75) is 10.9 Å². The highest BCUT2D eigenvalue weighted by Crippen LogP contribution is 2.28. The van der Waals surface area contributed by atoms with Gasteiger partial charge in [-0.1, -0.05) is 12.1 Å². The van der Waals surface area contributed by atoms with Crippen LogP contribution in [-0.4, -0.2) is 30.6 Å². The van der Waals surface area contributed by atoms with E-state index in [-0.39, 0.29) is 12.6 Å². The smallest absolute Gasteiger partial charge is 0.132 e. The van der Waals surface area contributed by atoms with E-state index in [1.807, 2.05) is 24.3 Å². The molecule has 0 saturated carbocycles. The van der Waals surface area contributed by atoms with Crippen LogP contribution in [-0.2, 0) is 0 Å². The Kier molecular flexibility index (Phi) is 4.79. The van der Waals surface area contributed by atoms with Crippen molar-refractivity contribution in [1.82, 2.24) is 0 Å². The Balaban J connectivity index is 2.57. The molecule has 1 unspecified atom stereocenters. The van der Waals surface area contributed by atoms with Crippen molar-refractivity contribution in [3.8, 4) is 5.75 Å². The summed E-state index contributed by atoms with van der Waals surface area (Å²) in [4.78, 5) is 1.05. The second-order valence-electron chi connectivity index (χ2n) is 2.90. The number of rotatable bonds is 5. The molecule has 0 fully saturated rings. The largest absolute Gasteiger partial charge is 0.496 e. The van der Waals surface area contributed by atoms with Crippen LogP contribution in [0.4, 0.5) is 0 Å². The van der Waals surface area contributed by atoms with Gasteiger partial charge < -0.3 is 15.6 Å². The zero-order valence-electron chi connectivity index (χ0n) is 8.14. The third-order valence-corrected chi connectivity index (χ3v) is 3.00. The fraction of sp³-hybridized carbons (Fsp3) is 0.400. The maximum atomic E-state index is 8.77. The van der Waals surface area contributed by atoms with Gasteiger partial charge in [-0.2, -0.15) is 0 Å². The van der Waals surface area contributed by atoms with Crippen LogP contribution in [0.25, 0.3) is 0 Å². The van der Waals surface area contributed by atoms with Gasteiger partial charge in [0.15, 0.2) is 0 Å². The number of para-hydroxylation sites is 1. The Bertz CT molecular complexity index is 281. The fourth-order valence-corrected chi connectivity index (χ4v) is 1.96. The maximum absolute atomic E-state index is 8.77. The van der Waals surface area contributed by atoms with Crippen LogP contribution in [0.5, 0.6) is 5.75 Å². The Morgan fingerprint density at radius 1 is 1.50 bits per heavy atom. The molecule has 0 heterocycles. The summed E-state index contributed by atoms with van der Waals surface area (Å²) in [6, 6.07) is 7.59. The number of hydrogen-bond acceptors (Lipinski definition) is 4. The van der Waals surface area contributed by atoms with Crippen LogP contribution < -0.4 is 10.5 Å². The number of aliphatic hydroxyl groups excluding tert-OH is 1. The highest BCUT2D eigenvalue weighted by Gasteiger charge is 2.05. The molecule has 0 aliphatic rings. The Hall–Kier alpha value is -0.710. The molecule has 14 heavy (non-hydrogen) atoms. The first kappa shape index (κ1) is 11.4. The van der Waals surface area contributed by atoms with Gasteiger partial charge in [0.25, 0.3) is 0 Å². The normalized spacial score (nSPS) is 12.5. The van der Waals surface area contributed by atoms with Crippen LogP contribution >= 0.6 is 11.8 Å². The molecule has 1 atom stereocenters. The lowest BCUT2D eigenvalue weighted by Gasteiger charge is -2.10. The molecule has 1 rings (SSSR count). The van der Waals surface area contributed by atoms with Crippen molar-refractivity contribution >= 4 is 11.8 Å². The SMILES string of the molecule is COc1ccccc1SCC(N)CO. The average molecular weight is 213 g/mol. The molecule has 3 N–H and O–H groups in total. The molecule has 78 valence electrons. The molecule has 1 aromatic rings. The van der Waals surface area contributed by atoms with Crippen molar-refractivity contribution < 1.29 is 9.84 Å². The van der Waals surface area contributed by atoms with E-state index in [0.717, 1.165) is 10.6 Å². The van der Waals surface area contributed by atoms with Crippen molar-refractivity contribution in [2.75, 3.05) is 19.5 Å². The van der Waals surface area contributed by atoms with E-state index in [2.05, 4.69) is 0 Å². The van der Waals surface area contributed by atoms with Gasteiger partial charge in [0, 0.05) is 16.7 Å². The third-order valence-electron chi connectivity index (χ3n) is 1.76. The van der Waals surface area contributed by atoms with Crippen molar-refractivity contribution in [1.29, 1.82) is 0 Å². The molecule has 0 aliphatic carbocycles. The summed E-state index contributed by atoms with van der Waals surface area (Å²) < 4.78 is 5.19. The maximum Gasteiger partial charge on any atom is 0.132 e. The highest BCUT2D eigenvalue weighted by atomic mass is 32.2. The molecule has 0 amide bonds. The number of methoxy groups -OCH3 is 1. The first-order chi connectivity index (χ1) is 6.77. The molecule has 0 radical (unpaired) electrons. The predicted molar refractivity (Wildman–Crippen MR) is 58.8 cm³/mol. The zero-order chi connectivity index (χ0) is 10.4. The van der Waals surface area contributed by atoms with Gasteiger partial charge >= 0.3 is 0 Å². The van der Waals surface area contributed by atoms with E-state index < -0.39 is 0 Å². The Morgan fingerprint density at radius 2 is 2.21 bits per heavy atom. The second-order valence-corrected chi connectivity index (χ2v) is 3.97. The lowest BCUT2D eigenvalue weighted by Crippen LogP contribution is -2.26. The van der Waals surface area contributed by atoms with Crippen LogP contribution in [0.2, 0.25) is 0 Å². The molecule has 0 aromatic heterocycles. The molecule has 0 bridgehead atoms. The summed E-state index contributed by atoms with van der Waals surface area (Å²) in [7, 11) is 1.64. The van der Waals surface area contributed by atoms with Crippen molar-refractivity contribution in [2.24, 2.45) is 5.73 Å². The highest BCUT2D eigenvalue weighted by molar-refractivity contribution is 7.99. The minimum Gasteiger partial charge on any atom is -0.496 e. The number of thioether (sulfide) groups is 1. The summed E-state index contributed by atoms with van der Waals surface area (Å²) in [5.41, 5.74) is 5.60. The third kappa shape index (κ3) is 3.21. The van der Waals surface area contributed by atoms with Gasteiger partial charge in [-0.05, 0) is 12.1 Å². The summed E-state index contributed by atoms with van der Waals surface area (Å²) >= 11 is 1.59. The standard InChI is InChI=1S/C10H15NO2S/c1-13-9-4-2-3-5-10(9)14-7-8(11)6-12/h2-5,8,12H,6-7,11H2,1H3. The lowest BCUT2D eigenvalue weighted by atomic mass is 10.3. The second kappa shape index (κ2) is 5.90. The number of benzene rings is 1. The minimum atomic E-state index is -0.176. The van der Waals surface area contributed by atoms with Crippen LogP contribution in [0.3, 0.4) is 0 Å². The van der Waals surface area contributed by atoms with Gasteiger partial charge in [0.2, 0.25) is 0 Å².